The smallest absolute Gasteiger partial charge is 0.303 e. The van der Waals surface area contributed by atoms with Crippen molar-refractivity contribution >= 4 is 5.97 Å². The van der Waals surface area contributed by atoms with E-state index < -0.39 is 5.97 Å². The minimum atomic E-state index is -0.647. The van der Waals surface area contributed by atoms with Crippen molar-refractivity contribution in [2.75, 3.05) is 0 Å². The molecule has 0 aliphatic carbocycles. The fourth-order valence-corrected chi connectivity index (χ4v) is 5.74. The van der Waals surface area contributed by atoms with E-state index in [0.29, 0.717) is 6.42 Å². The van der Waals surface area contributed by atoms with Crippen LogP contribution >= 0.6 is 0 Å². The van der Waals surface area contributed by atoms with Crippen LogP contribution in [-0.4, -0.2) is 11.1 Å². The second-order valence-electron chi connectivity index (χ2n) is 12.2. The zero-order chi connectivity index (χ0) is 27.8. The van der Waals surface area contributed by atoms with E-state index in [1.807, 2.05) is 0 Å². The number of hydrogen-bond donors (Lipinski definition) is 1. The summed E-state index contributed by atoms with van der Waals surface area (Å²) in [6.07, 6.45) is 44.8. The number of allylic oxidation sites excluding steroid dienone is 2. The molecule has 0 aliphatic rings. The maximum Gasteiger partial charge on any atom is 0.303 e. The van der Waals surface area contributed by atoms with Gasteiger partial charge in [0.15, 0.2) is 0 Å². The number of rotatable bonds is 32. The molecule has 0 aromatic carbocycles. The molecule has 0 heterocycles. The van der Waals surface area contributed by atoms with E-state index >= 15 is 0 Å². The van der Waals surface area contributed by atoms with Crippen LogP contribution in [-0.2, 0) is 4.79 Å². The Kier molecular flexibility index (Phi) is 31.7. The summed E-state index contributed by atoms with van der Waals surface area (Å²) in [6.45, 7) is 4.61. The van der Waals surface area contributed by atoms with E-state index in [9.17, 15) is 4.79 Å². The first-order valence-corrected chi connectivity index (χ1v) is 17.6. The molecule has 0 saturated carbocycles. The molecule has 0 rings (SSSR count). The van der Waals surface area contributed by atoms with E-state index in [2.05, 4.69) is 26.0 Å². The molecule has 0 fully saturated rings. The molecule has 38 heavy (non-hydrogen) atoms. The summed E-state index contributed by atoms with van der Waals surface area (Å²) in [5.41, 5.74) is 0. The Bertz CT molecular complexity index is 484. The van der Waals surface area contributed by atoms with Crippen LogP contribution in [0.5, 0.6) is 0 Å². The summed E-state index contributed by atoms with van der Waals surface area (Å²) in [6, 6.07) is 0. The van der Waals surface area contributed by atoms with Crippen molar-refractivity contribution < 1.29 is 9.90 Å². The zero-order valence-electron chi connectivity index (χ0n) is 26.3. The highest BCUT2D eigenvalue weighted by Crippen LogP contribution is 2.24. The molecule has 0 bridgehead atoms. The number of carboxylic acid groups (broad SMARTS) is 1. The molecule has 2 nitrogen and oxygen atoms in total. The Balaban J connectivity index is 3.69. The van der Waals surface area contributed by atoms with Gasteiger partial charge in [-0.25, -0.2) is 0 Å². The lowest BCUT2D eigenvalue weighted by Gasteiger charge is -2.17. The summed E-state index contributed by atoms with van der Waals surface area (Å²) in [5, 5.41) is 8.71. The first-order chi connectivity index (χ1) is 18.7. The van der Waals surface area contributed by atoms with Gasteiger partial charge in [-0.05, 0) is 38.0 Å². The number of unbranched alkanes of at least 4 members (excludes halogenated alkanes) is 22. The van der Waals surface area contributed by atoms with Crippen molar-refractivity contribution in [2.45, 2.75) is 206 Å². The number of hydrogen-bond acceptors (Lipinski definition) is 1. The van der Waals surface area contributed by atoms with Crippen molar-refractivity contribution in [1.82, 2.24) is 0 Å². The standard InChI is InChI=1S/C36H70O2/c1-3-5-7-9-10-11-12-13-14-15-16-17-18-21-24-28-32-35(31-27-8-6-4-2)33-29-25-22-19-20-23-26-30-34-36(37)38/h13-14,35H,3-12,15-34H2,1-2H3,(H,37,38)/b14-13-. The largest absolute Gasteiger partial charge is 0.481 e. The zero-order valence-corrected chi connectivity index (χ0v) is 26.3. The van der Waals surface area contributed by atoms with Gasteiger partial charge in [-0.1, -0.05) is 180 Å². The first kappa shape index (κ1) is 37.2. The Morgan fingerprint density at radius 2 is 0.789 bits per heavy atom. The molecule has 0 aromatic rings. The third kappa shape index (κ3) is 31.4. The first-order valence-electron chi connectivity index (χ1n) is 17.6. The maximum absolute atomic E-state index is 10.6. The third-order valence-corrected chi connectivity index (χ3v) is 8.34. The molecule has 0 saturated heterocycles. The van der Waals surface area contributed by atoms with Gasteiger partial charge in [-0.15, -0.1) is 0 Å². The highest BCUT2D eigenvalue weighted by molar-refractivity contribution is 5.66. The van der Waals surface area contributed by atoms with Gasteiger partial charge in [0.05, 0.1) is 0 Å². The summed E-state index contributed by atoms with van der Waals surface area (Å²) < 4.78 is 0. The third-order valence-electron chi connectivity index (χ3n) is 8.34. The van der Waals surface area contributed by atoms with Crippen molar-refractivity contribution in [3.8, 4) is 0 Å². The van der Waals surface area contributed by atoms with Crippen LogP contribution in [0.1, 0.15) is 206 Å². The van der Waals surface area contributed by atoms with Gasteiger partial charge in [-0.2, -0.15) is 0 Å². The van der Waals surface area contributed by atoms with Gasteiger partial charge in [0.25, 0.3) is 0 Å². The molecule has 0 aliphatic heterocycles. The summed E-state index contributed by atoms with van der Waals surface area (Å²) in [7, 11) is 0. The quantitative estimate of drug-likeness (QED) is 0.0688. The Morgan fingerprint density at radius 1 is 0.474 bits per heavy atom. The molecule has 1 unspecified atom stereocenters. The van der Waals surface area contributed by atoms with E-state index in [1.165, 1.54) is 173 Å². The monoisotopic (exact) mass is 535 g/mol. The summed E-state index contributed by atoms with van der Waals surface area (Å²) >= 11 is 0. The molecule has 0 radical (unpaired) electrons. The van der Waals surface area contributed by atoms with Gasteiger partial charge in [0.2, 0.25) is 0 Å². The predicted molar refractivity (Wildman–Crippen MR) is 170 cm³/mol. The minimum Gasteiger partial charge on any atom is -0.481 e. The van der Waals surface area contributed by atoms with Crippen molar-refractivity contribution in [3.05, 3.63) is 12.2 Å². The molecule has 0 spiro atoms. The predicted octanol–water partition coefficient (Wildman–Crippen LogP) is 13.0. The van der Waals surface area contributed by atoms with Gasteiger partial charge < -0.3 is 5.11 Å². The Labute approximate surface area is 240 Å². The molecular formula is C36H70O2. The average Bonchev–Trinajstić information content (AvgIpc) is 2.91. The minimum absolute atomic E-state index is 0.344. The van der Waals surface area contributed by atoms with Crippen LogP contribution in [0.4, 0.5) is 0 Å². The fourth-order valence-electron chi connectivity index (χ4n) is 5.74. The van der Waals surface area contributed by atoms with Gasteiger partial charge in [-0.3, -0.25) is 4.79 Å². The number of aliphatic carboxylic acids is 1. The maximum atomic E-state index is 10.6. The second-order valence-corrected chi connectivity index (χ2v) is 12.2. The SMILES string of the molecule is CCCCCCCC/C=C\CCCCCCCCC(CCCCCC)CCCCCCCCCCC(=O)O. The number of carbonyl (C=O) groups is 1. The summed E-state index contributed by atoms with van der Waals surface area (Å²) in [4.78, 5) is 10.6. The van der Waals surface area contributed by atoms with Crippen LogP contribution in [0.15, 0.2) is 12.2 Å². The molecule has 1 N–H and O–H groups in total. The lowest BCUT2D eigenvalue weighted by molar-refractivity contribution is -0.137. The molecule has 1 atom stereocenters. The normalized spacial score (nSPS) is 12.5. The van der Waals surface area contributed by atoms with Crippen LogP contribution in [0.2, 0.25) is 0 Å². The highest BCUT2D eigenvalue weighted by Gasteiger charge is 2.08. The number of carboxylic acids is 1. The van der Waals surface area contributed by atoms with Crippen LogP contribution in [0, 0.1) is 5.92 Å². The van der Waals surface area contributed by atoms with Gasteiger partial charge in [0, 0.05) is 6.42 Å². The van der Waals surface area contributed by atoms with Crippen molar-refractivity contribution in [2.24, 2.45) is 5.92 Å². The van der Waals surface area contributed by atoms with E-state index in [0.717, 1.165) is 18.8 Å². The van der Waals surface area contributed by atoms with E-state index in [4.69, 9.17) is 5.11 Å². The molecule has 226 valence electrons. The van der Waals surface area contributed by atoms with Crippen LogP contribution in [0.25, 0.3) is 0 Å². The highest BCUT2D eigenvalue weighted by atomic mass is 16.4. The van der Waals surface area contributed by atoms with Crippen LogP contribution < -0.4 is 0 Å². The van der Waals surface area contributed by atoms with Crippen molar-refractivity contribution in [1.29, 1.82) is 0 Å². The van der Waals surface area contributed by atoms with E-state index in [-0.39, 0.29) is 0 Å². The van der Waals surface area contributed by atoms with Gasteiger partial charge >= 0.3 is 5.97 Å². The Hall–Kier alpha value is -0.790. The molecule has 0 amide bonds. The Morgan fingerprint density at radius 3 is 1.18 bits per heavy atom. The molecular weight excluding hydrogens is 464 g/mol. The van der Waals surface area contributed by atoms with E-state index in [1.54, 1.807) is 0 Å². The lowest BCUT2D eigenvalue weighted by atomic mass is 9.89. The summed E-state index contributed by atoms with van der Waals surface area (Å²) in [5.74, 6) is 0.325. The molecule has 0 aromatic heterocycles. The van der Waals surface area contributed by atoms with Crippen LogP contribution in [0.3, 0.4) is 0 Å². The lowest BCUT2D eigenvalue weighted by Crippen LogP contribution is -2.01. The topological polar surface area (TPSA) is 37.3 Å². The average molecular weight is 535 g/mol. The van der Waals surface area contributed by atoms with Gasteiger partial charge in [0.1, 0.15) is 0 Å². The molecule has 2 heteroatoms. The van der Waals surface area contributed by atoms with Crippen molar-refractivity contribution in [3.63, 3.8) is 0 Å². The second kappa shape index (κ2) is 32.4. The fraction of sp³-hybridized carbons (Fsp3) is 0.917.